The van der Waals surface area contributed by atoms with Crippen molar-refractivity contribution in [2.45, 2.75) is 33.1 Å². The van der Waals surface area contributed by atoms with Gasteiger partial charge in [-0.05, 0) is 29.5 Å². The first-order valence-corrected chi connectivity index (χ1v) is 4.93. The van der Waals surface area contributed by atoms with Gasteiger partial charge in [-0.1, -0.05) is 26.8 Å². The molecule has 0 unspecified atom stereocenters. The van der Waals surface area contributed by atoms with Crippen LogP contribution in [0.3, 0.4) is 0 Å². The Hall–Kier alpha value is -1.31. The van der Waals surface area contributed by atoms with Crippen LogP contribution in [0, 0.1) is 6.92 Å². The molecule has 0 amide bonds. The zero-order valence-corrected chi connectivity index (χ0v) is 9.18. The van der Waals surface area contributed by atoms with E-state index in [-0.39, 0.29) is 5.41 Å². The monoisotopic (exact) mass is 188 g/mol. The molecule has 0 aliphatic rings. The van der Waals surface area contributed by atoms with E-state index in [1.807, 2.05) is 0 Å². The number of hydrogen-bond acceptors (Lipinski definition) is 1. The molecule has 0 aliphatic carbocycles. The molecule has 2 rings (SSSR count). The van der Waals surface area contributed by atoms with Gasteiger partial charge >= 0.3 is 0 Å². The summed E-state index contributed by atoms with van der Waals surface area (Å²) >= 11 is 0. The molecule has 14 heavy (non-hydrogen) atoms. The number of aromatic amines is 1. The Morgan fingerprint density at radius 3 is 2.57 bits per heavy atom. The second kappa shape index (κ2) is 2.84. The average Bonchev–Trinajstić information content (AvgIpc) is 2.48. The van der Waals surface area contributed by atoms with Crippen LogP contribution >= 0.6 is 0 Å². The Kier molecular flexibility index (Phi) is 1.88. The third kappa shape index (κ3) is 1.31. The standard InChI is InChI=1S/C12H16N2/c1-8-5-6-9-11(14-7-13-9)10(8)12(2,3)4/h5-7H,1-4H3,(H,13,14). The summed E-state index contributed by atoms with van der Waals surface area (Å²) in [7, 11) is 0. The molecule has 2 heteroatoms. The summed E-state index contributed by atoms with van der Waals surface area (Å²) in [6.45, 7) is 8.85. The van der Waals surface area contributed by atoms with Crippen LogP contribution in [-0.4, -0.2) is 9.97 Å². The lowest BCUT2D eigenvalue weighted by Crippen LogP contribution is -2.13. The topological polar surface area (TPSA) is 28.7 Å². The van der Waals surface area contributed by atoms with Gasteiger partial charge in [-0.3, -0.25) is 0 Å². The number of nitrogens with one attached hydrogen (secondary N) is 1. The average molecular weight is 188 g/mol. The van der Waals surface area contributed by atoms with E-state index >= 15 is 0 Å². The van der Waals surface area contributed by atoms with Gasteiger partial charge in [0.1, 0.15) is 0 Å². The van der Waals surface area contributed by atoms with Crippen molar-refractivity contribution in [3.8, 4) is 0 Å². The van der Waals surface area contributed by atoms with Crippen molar-refractivity contribution in [2.75, 3.05) is 0 Å². The van der Waals surface area contributed by atoms with Crippen molar-refractivity contribution in [3.63, 3.8) is 0 Å². The molecule has 1 heterocycles. The summed E-state index contributed by atoms with van der Waals surface area (Å²) in [6.07, 6.45) is 1.76. The van der Waals surface area contributed by atoms with E-state index in [2.05, 4.69) is 49.8 Å². The van der Waals surface area contributed by atoms with Crippen LogP contribution < -0.4 is 0 Å². The van der Waals surface area contributed by atoms with Crippen LogP contribution in [0.25, 0.3) is 11.0 Å². The number of H-pyrrole nitrogens is 1. The molecular weight excluding hydrogens is 172 g/mol. The fourth-order valence-corrected chi connectivity index (χ4v) is 2.08. The lowest BCUT2D eigenvalue weighted by molar-refractivity contribution is 0.591. The second-order valence-electron chi connectivity index (χ2n) is 4.80. The molecule has 0 fully saturated rings. The second-order valence-corrected chi connectivity index (χ2v) is 4.80. The van der Waals surface area contributed by atoms with E-state index in [0.29, 0.717) is 0 Å². The van der Waals surface area contributed by atoms with Gasteiger partial charge in [-0.15, -0.1) is 0 Å². The molecule has 1 N–H and O–H groups in total. The van der Waals surface area contributed by atoms with Crippen molar-refractivity contribution >= 4 is 11.0 Å². The highest BCUT2D eigenvalue weighted by Gasteiger charge is 2.20. The SMILES string of the molecule is Cc1ccc2nc[nH]c2c1C(C)(C)C. The maximum Gasteiger partial charge on any atom is 0.0931 e. The van der Waals surface area contributed by atoms with Crippen LogP contribution in [0.2, 0.25) is 0 Å². The van der Waals surface area contributed by atoms with Crippen molar-refractivity contribution in [3.05, 3.63) is 29.6 Å². The molecule has 0 spiro atoms. The van der Waals surface area contributed by atoms with Gasteiger partial charge in [-0.25, -0.2) is 4.98 Å². The summed E-state index contributed by atoms with van der Waals surface area (Å²) in [5.41, 5.74) is 5.09. The van der Waals surface area contributed by atoms with E-state index in [4.69, 9.17) is 0 Å². The maximum absolute atomic E-state index is 4.28. The van der Waals surface area contributed by atoms with Crippen molar-refractivity contribution < 1.29 is 0 Å². The normalized spacial score (nSPS) is 12.3. The Bertz CT molecular complexity index is 461. The van der Waals surface area contributed by atoms with Crippen LogP contribution in [0.5, 0.6) is 0 Å². The number of fused-ring (bicyclic) bond motifs is 1. The van der Waals surface area contributed by atoms with Gasteiger partial charge in [0.2, 0.25) is 0 Å². The molecule has 0 saturated carbocycles. The largest absolute Gasteiger partial charge is 0.344 e. The molecule has 0 saturated heterocycles. The predicted molar refractivity (Wildman–Crippen MR) is 59.5 cm³/mol. The highest BCUT2D eigenvalue weighted by atomic mass is 14.9. The van der Waals surface area contributed by atoms with E-state index < -0.39 is 0 Å². The number of rotatable bonds is 0. The molecule has 0 bridgehead atoms. The number of aromatic nitrogens is 2. The van der Waals surface area contributed by atoms with Gasteiger partial charge in [0.25, 0.3) is 0 Å². The van der Waals surface area contributed by atoms with E-state index in [0.717, 1.165) is 5.52 Å². The zero-order valence-electron chi connectivity index (χ0n) is 9.18. The van der Waals surface area contributed by atoms with Gasteiger partial charge in [0.15, 0.2) is 0 Å². The molecule has 74 valence electrons. The minimum atomic E-state index is 0.163. The third-order valence-electron chi connectivity index (χ3n) is 2.55. The smallest absolute Gasteiger partial charge is 0.0931 e. The Balaban J connectivity index is 2.83. The minimum Gasteiger partial charge on any atom is -0.344 e. The number of benzene rings is 1. The molecule has 1 aromatic carbocycles. The van der Waals surface area contributed by atoms with Crippen LogP contribution in [0.1, 0.15) is 31.9 Å². The molecule has 1 aromatic heterocycles. The van der Waals surface area contributed by atoms with Crippen LogP contribution in [-0.2, 0) is 5.41 Å². The number of aryl methyl sites for hydroxylation is 1. The van der Waals surface area contributed by atoms with Gasteiger partial charge in [-0.2, -0.15) is 0 Å². The Morgan fingerprint density at radius 2 is 1.93 bits per heavy atom. The molecule has 0 radical (unpaired) electrons. The first-order valence-electron chi connectivity index (χ1n) is 4.93. The summed E-state index contributed by atoms with van der Waals surface area (Å²) in [5.74, 6) is 0. The first-order chi connectivity index (χ1) is 6.50. The fraction of sp³-hybridized carbons (Fsp3) is 0.417. The lowest BCUT2D eigenvalue weighted by Gasteiger charge is -2.22. The molecular formula is C12H16N2. The van der Waals surface area contributed by atoms with Gasteiger partial charge in [0, 0.05) is 0 Å². The summed E-state index contributed by atoms with van der Waals surface area (Å²) in [5, 5.41) is 0. The highest BCUT2D eigenvalue weighted by Crippen LogP contribution is 2.30. The number of nitrogens with zero attached hydrogens (tertiary/aromatic N) is 1. The first kappa shape index (κ1) is 9.25. The van der Waals surface area contributed by atoms with E-state index in [1.54, 1.807) is 6.33 Å². The molecule has 0 atom stereocenters. The van der Waals surface area contributed by atoms with Crippen molar-refractivity contribution in [1.29, 1.82) is 0 Å². The third-order valence-corrected chi connectivity index (χ3v) is 2.55. The Morgan fingerprint density at radius 1 is 1.21 bits per heavy atom. The number of imidazole rings is 1. The highest BCUT2D eigenvalue weighted by molar-refractivity contribution is 5.80. The van der Waals surface area contributed by atoms with Gasteiger partial charge in [0.05, 0.1) is 17.4 Å². The fourth-order valence-electron chi connectivity index (χ4n) is 2.08. The molecule has 2 nitrogen and oxygen atoms in total. The van der Waals surface area contributed by atoms with Crippen molar-refractivity contribution in [2.24, 2.45) is 0 Å². The van der Waals surface area contributed by atoms with Gasteiger partial charge < -0.3 is 4.98 Å². The summed E-state index contributed by atoms with van der Waals surface area (Å²) in [6, 6.07) is 4.21. The van der Waals surface area contributed by atoms with Crippen LogP contribution in [0.4, 0.5) is 0 Å². The zero-order chi connectivity index (χ0) is 10.3. The molecule has 0 aliphatic heterocycles. The van der Waals surface area contributed by atoms with E-state index in [1.165, 1.54) is 16.6 Å². The minimum absolute atomic E-state index is 0.163. The summed E-state index contributed by atoms with van der Waals surface area (Å²) in [4.78, 5) is 7.50. The quantitative estimate of drug-likeness (QED) is 0.676. The van der Waals surface area contributed by atoms with Crippen molar-refractivity contribution in [1.82, 2.24) is 9.97 Å². The lowest BCUT2D eigenvalue weighted by atomic mass is 9.83. The predicted octanol–water partition coefficient (Wildman–Crippen LogP) is 3.17. The molecule has 2 aromatic rings. The Labute approximate surface area is 84.4 Å². The number of hydrogen-bond donors (Lipinski definition) is 1. The maximum atomic E-state index is 4.28. The summed E-state index contributed by atoms with van der Waals surface area (Å²) < 4.78 is 0. The van der Waals surface area contributed by atoms with E-state index in [9.17, 15) is 0 Å². The van der Waals surface area contributed by atoms with Crippen LogP contribution in [0.15, 0.2) is 18.5 Å².